The van der Waals surface area contributed by atoms with Crippen LogP contribution < -0.4 is 10.1 Å². The van der Waals surface area contributed by atoms with Crippen LogP contribution in [0, 0.1) is 0 Å². The number of hydrogen-bond donors (Lipinski definition) is 1. The Hall–Kier alpha value is -1.97. The van der Waals surface area contributed by atoms with Gasteiger partial charge in [-0.25, -0.2) is 4.98 Å². The zero-order chi connectivity index (χ0) is 17.4. The van der Waals surface area contributed by atoms with E-state index in [-0.39, 0.29) is 0 Å². The second kappa shape index (κ2) is 9.23. The van der Waals surface area contributed by atoms with Gasteiger partial charge in [-0.05, 0) is 30.3 Å². The third-order valence-corrected chi connectivity index (χ3v) is 3.30. The molecule has 0 aliphatic carbocycles. The Labute approximate surface area is 147 Å². The van der Waals surface area contributed by atoms with Crippen LogP contribution in [-0.2, 0) is 0 Å². The molecule has 23 heavy (non-hydrogen) atoms. The van der Waals surface area contributed by atoms with Gasteiger partial charge in [0.15, 0.2) is 0 Å². The molecule has 0 saturated carbocycles. The second-order valence-corrected chi connectivity index (χ2v) is 5.08. The number of ether oxygens (including phenoxy) is 1. The maximum atomic E-state index is 6.09. The summed E-state index contributed by atoms with van der Waals surface area (Å²) in [5.74, 6) is 1.26. The lowest BCUT2D eigenvalue weighted by Crippen LogP contribution is -1.98. The van der Waals surface area contributed by atoms with Crippen LogP contribution in [0.25, 0.3) is 11.1 Å². The highest BCUT2D eigenvalue weighted by atomic mass is 35.5. The van der Waals surface area contributed by atoms with Gasteiger partial charge in [-0.2, -0.15) is 0 Å². The first-order valence-electron chi connectivity index (χ1n) is 7.14. The molecule has 1 N–H and O–H groups in total. The van der Waals surface area contributed by atoms with Crippen molar-refractivity contribution in [1.29, 1.82) is 0 Å². The maximum Gasteiger partial charge on any atom is 0.137 e. The van der Waals surface area contributed by atoms with Crippen molar-refractivity contribution in [3.8, 4) is 5.75 Å². The van der Waals surface area contributed by atoms with Crippen molar-refractivity contribution < 1.29 is 4.74 Å². The highest BCUT2D eigenvalue weighted by Gasteiger charge is 2.07. The van der Waals surface area contributed by atoms with Crippen LogP contribution in [0.4, 0.5) is 11.5 Å². The largest absolute Gasteiger partial charge is 0.495 e. The van der Waals surface area contributed by atoms with Crippen LogP contribution in [-0.4, -0.2) is 12.1 Å². The molecule has 0 spiro atoms. The number of anilines is 2. The lowest BCUT2D eigenvalue weighted by atomic mass is 10.2. The van der Waals surface area contributed by atoms with Gasteiger partial charge >= 0.3 is 0 Å². The summed E-state index contributed by atoms with van der Waals surface area (Å²) >= 11 is 12.0. The second-order valence-electron chi connectivity index (χ2n) is 4.22. The average molecular weight is 351 g/mol. The van der Waals surface area contributed by atoms with E-state index < -0.39 is 0 Å². The molecule has 0 bridgehead atoms. The standard InChI is InChI=1S/C16H14Cl2N2O.C2H6/c1-4-11-5-8-15(20-16(11)10(2)17)19-12-6-7-14(21-3)13(18)9-12;1-2/h4-9H,1-2H2,3H3,(H,19,20);1-2H3. The lowest BCUT2D eigenvalue weighted by molar-refractivity contribution is 0.415. The van der Waals surface area contributed by atoms with E-state index in [2.05, 4.69) is 23.5 Å². The van der Waals surface area contributed by atoms with Crippen LogP contribution >= 0.6 is 23.2 Å². The number of rotatable bonds is 5. The van der Waals surface area contributed by atoms with Gasteiger partial charge in [-0.15, -0.1) is 0 Å². The Kier molecular flexibility index (Phi) is 7.66. The van der Waals surface area contributed by atoms with E-state index in [9.17, 15) is 0 Å². The number of halogens is 2. The molecule has 3 nitrogen and oxygen atoms in total. The Morgan fingerprint density at radius 1 is 1.26 bits per heavy atom. The number of pyridine rings is 1. The third-order valence-electron chi connectivity index (χ3n) is 2.83. The summed E-state index contributed by atoms with van der Waals surface area (Å²) < 4.78 is 5.12. The molecule has 0 aliphatic rings. The summed E-state index contributed by atoms with van der Waals surface area (Å²) in [5.41, 5.74) is 2.22. The molecule has 1 aromatic carbocycles. The van der Waals surface area contributed by atoms with E-state index in [1.165, 1.54) is 0 Å². The number of methoxy groups -OCH3 is 1. The first-order valence-corrected chi connectivity index (χ1v) is 7.89. The average Bonchev–Trinajstić information content (AvgIpc) is 2.56. The van der Waals surface area contributed by atoms with Gasteiger partial charge in [0.2, 0.25) is 0 Å². The highest BCUT2D eigenvalue weighted by molar-refractivity contribution is 6.48. The van der Waals surface area contributed by atoms with Gasteiger partial charge in [0.1, 0.15) is 11.6 Å². The summed E-state index contributed by atoms with van der Waals surface area (Å²) in [6, 6.07) is 9.10. The van der Waals surface area contributed by atoms with Gasteiger partial charge in [0.25, 0.3) is 0 Å². The van der Waals surface area contributed by atoms with E-state index in [1.54, 1.807) is 25.3 Å². The molecule has 122 valence electrons. The molecule has 0 atom stereocenters. The Morgan fingerprint density at radius 3 is 2.48 bits per heavy atom. The number of nitrogens with one attached hydrogen (secondary N) is 1. The smallest absolute Gasteiger partial charge is 0.137 e. The predicted molar refractivity (Wildman–Crippen MR) is 102 cm³/mol. The molecule has 5 heteroatoms. The summed E-state index contributed by atoms with van der Waals surface area (Å²) in [7, 11) is 1.57. The number of hydrogen-bond acceptors (Lipinski definition) is 3. The first-order chi connectivity index (χ1) is 11.0. The van der Waals surface area contributed by atoms with Gasteiger partial charge in [0, 0.05) is 11.3 Å². The normalized spacial score (nSPS) is 9.43. The fourth-order valence-corrected chi connectivity index (χ4v) is 2.22. The quantitative estimate of drug-likeness (QED) is 0.680. The fraction of sp³-hybridized carbons (Fsp3) is 0.167. The van der Waals surface area contributed by atoms with Crippen molar-refractivity contribution in [1.82, 2.24) is 4.98 Å². The topological polar surface area (TPSA) is 34.1 Å². The molecular formula is C18H20Cl2N2O. The SMILES string of the molecule is C=Cc1ccc(Nc2ccc(OC)c(Cl)c2)nc1C(=C)Cl.CC. The van der Waals surface area contributed by atoms with Crippen LogP contribution in [0.15, 0.2) is 43.5 Å². The van der Waals surface area contributed by atoms with Crippen molar-refractivity contribution in [3.05, 3.63) is 59.8 Å². The monoisotopic (exact) mass is 350 g/mol. The van der Waals surface area contributed by atoms with Crippen molar-refractivity contribution in [2.45, 2.75) is 13.8 Å². The molecule has 1 heterocycles. The van der Waals surface area contributed by atoms with Crippen molar-refractivity contribution >= 4 is 45.8 Å². The molecule has 0 amide bonds. The third kappa shape index (κ3) is 5.02. The van der Waals surface area contributed by atoms with Gasteiger partial charge in [-0.1, -0.05) is 56.3 Å². The molecule has 0 radical (unpaired) electrons. The van der Waals surface area contributed by atoms with Crippen LogP contribution in [0.2, 0.25) is 5.02 Å². The highest BCUT2D eigenvalue weighted by Crippen LogP contribution is 2.29. The lowest BCUT2D eigenvalue weighted by Gasteiger charge is -2.10. The molecule has 1 aromatic heterocycles. The first kappa shape index (κ1) is 19.1. The minimum absolute atomic E-state index is 0.362. The van der Waals surface area contributed by atoms with Crippen LogP contribution in [0.3, 0.4) is 0 Å². The molecular weight excluding hydrogens is 331 g/mol. The summed E-state index contributed by atoms with van der Waals surface area (Å²) in [6.07, 6.45) is 1.68. The maximum absolute atomic E-state index is 6.09. The van der Waals surface area contributed by atoms with Crippen molar-refractivity contribution in [3.63, 3.8) is 0 Å². The zero-order valence-corrected chi connectivity index (χ0v) is 15.0. The molecule has 0 fully saturated rings. The molecule has 0 aliphatic heterocycles. The van der Waals surface area contributed by atoms with Crippen LogP contribution in [0.5, 0.6) is 5.75 Å². The molecule has 2 rings (SSSR count). The molecule has 2 aromatic rings. The zero-order valence-electron chi connectivity index (χ0n) is 13.5. The van der Waals surface area contributed by atoms with Crippen molar-refractivity contribution in [2.24, 2.45) is 0 Å². The number of nitrogens with zero attached hydrogens (tertiary/aromatic N) is 1. The van der Waals surface area contributed by atoms with E-state index in [1.807, 2.05) is 32.0 Å². The Morgan fingerprint density at radius 2 is 1.96 bits per heavy atom. The van der Waals surface area contributed by atoms with Crippen molar-refractivity contribution in [2.75, 3.05) is 12.4 Å². The summed E-state index contributed by atoms with van der Waals surface area (Å²) in [4.78, 5) is 4.42. The van der Waals surface area contributed by atoms with E-state index in [4.69, 9.17) is 27.9 Å². The Balaban J connectivity index is 0.00000127. The summed E-state index contributed by atoms with van der Waals surface area (Å²) in [6.45, 7) is 11.4. The van der Waals surface area contributed by atoms with E-state index in [0.29, 0.717) is 27.3 Å². The van der Waals surface area contributed by atoms with Crippen LogP contribution in [0.1, 0.15) is 25.1 Å². The number of aromatic nitrogens is 1. The Bertz CT molecular complexity index is 699. The minimum Gasteiger partial charge on any atom is -0.495 e. The van der Waals surface area contributed by atoms with E-state index in [0.717, 1.165) is 11.3 Å². The summed E-state index contributed by atoms with van der Waals surface area (Å²) in [5, 5.41) is 4.04. The molecule has 0 unspecified atom stereocenters. The predicted octanol–water partition coefficient (Wildman–Crippen LogP) is 6.37. The van der Waals surface area contributed by atoms with Gasteiger partial charge < -0.3 is 10.1 Å². The van der Waals surface area contributed by atoms with E-state index >= 15 is 0 Å². The fourth-order valence-electron chi connectivity index (χ4n) is 1.81. The molecule has 0 saturated heterocycles. The van der Waals surface area contributed by atoms with Gasteiger partial charge in [0.05, 0.1) is 22.9 Å². The number of benzene rings is 1. The minimum atomic E-state index is 0.362. The van der Waals surface area contributed by atoms with Gasteiger partial charge in [-0.3, -0.25) is 0 Å².